The number of rotatable bonds is 7. The maximum Gasteiger partial charge on any atom is 0.363 e. The SMILES string of the molecule is C=C(C)COc1ccc(/C=C2\N=C(c3ccco3)OC2=O)cc1OCC. The van der Waals surface area contributed by atoms with Gasteiger partial charge in [0.15, 0.2) is 23.0 Å². The van der Waals surface area contributed by atoms with E-state index in [-0.39, 0.29) is 11.6 Å². The van der Waals surface area contributed by atoms with Gasteiger partial charge >= 0.3 is 5.97 Å². The maximum absolute atomic E-state index is 12.0. The van der Waals surface area contributed by atoms with Crippen LogP contribution in [0, 0.1) is 0 Å². The van der Waals surface area contributed by atoms with Gasteiger partial charge in [-0.05, 0) is 55.3 Å². The van der Waals surface area contributed by atoms with Crippen molar-refractivity contribution in [2.24, 2.45) is 4.99 Å². The van der Waals surface area contributed by atoms with Gasteiger partial charge in [0.2, 0.25) is 0 Å². The van der Waals surface area contributed by atoms with E-state index in [1.807, 2.05) is 19.9 Å². The zero-order valence-electron chi connectivity index (χ0n) is 14.7. The summed E-state index contributed by atoms with van der Waals surface area (Å²) < 4.78 is 21.7. The first-order valence-electron chi connectivity index (χ1n) is 8.17. The van der Waals surface area contributed by atoms with Crippen molar-refractivity contribution in [2.45, 2.75) is 13.8 Å². The van der Waals surface area contributed by atoms with Gasteiger partial charge < -0.3 is 18.6 Å². The molecule has 1 aromatic heterocycles. The number of aliphatic imine (C=N–C) groups is 1. The third kappa shape index (κ3) is 4.03. The Kier molecular flexibility index (Phi) is 5.22. The Bertz CT molecular complexity index is 878. The fourth-order valence-corrected chi connectivity index (χ4v) is 2.28. The molecule has 0 spiro atoms. The van der Waals surface area contributed by atoms with E-state index >= 15 is 0 Å². The number of carbonyl (C=O) groups excluding carboxylic acids is 1. The molecule has 2 aromatic rings. The molecule has 0 fully saturated rings. The summed E-state index contributed by atoms with van der Waals surface area (Å²) in [5, 5.41) is 0. The highest BCUT2D eigenvalue weighted by Gasteiger charge is 2.25. The van der Waals surface area contributed by atoms with Crippen molar-refractivity contribution in [3.63, 3.8) is 0 Å². The first-order chi connectivity index (χ1) is 12.6. The van der Waals surface area contributed by atoms with E-state index in [1.54, 1.807) is 30.3 Å². The van der Waals surface area contributed by atoms with Crippen LogP contribution in [0.15, 0.2) is 63.9 Å². The first-order valence-corrected chi connectivity index (χ1v) is 8.17. The number of carbonyl (C=O) groups is 1. The van der Waals surface area contributed by atoms with E-state index in [2.05, 4.69) is 11.6 Å². The zero-order valence-corrected chi connectivity index (χ0v) is 14.7. The Hall–Kier alpha value is -3.28. The molecule has 3 rings (SSSR count). The molecule has 1 aromatic carbocycles. The molecule has 2 heterocycles. The van der Waals surface area contributed by atoms with Crippen molar-refractivity contribution in [2.75, 3.05) is 13.2 Å². The molecule has 0 atom stereocenters. The van der Waals surface area contributed by atoms with Gasteiger partial charge in [-0.3, -0.25) is 0 Å². The minimum absolute atomic E-state index is 0.151. The van der Waals surface area contributed by atoms with Gasteiger partial charge in [0.25, 0.3) is 5.90 Å². The maximum atomic E-state index is 12.0. The lowest BCUT2D eigenvalue weighted by Crippen LogP contribution is -2.04. The van der Waals surface area contributed by atoms with Gasteiger partial charge in [-0.1, -0.05) is 12.6 Å². The summed E-state index contributed by atoms with van der Waals surface area (Å²) >= 11 is 0. The largest absolute Gasteiger partial charge is 0.490 e. The van der Waals surface area contributed by atoms with Crippen LogP contribution in [0.3, 0.4) is 0 Å². The quantitative estimate of drug-likeness (QED) is 0.428. The molecule has 0 aliphatic carbocycles. The summed E-state index contributed by atoms with van der Waals surface area (Å²) in [4.78, 5) is 16.2. The van der Waals surface area contributed by atoms with Crippen LogP contribution < -0.4 is 9.47 Å². The molecule has 6 heteroatoms. The summed E-state index contributed by atoms with van der Waals surface area (Å²) in [5.74, 6) is 1.23. The van der Waals surface area contributed by atoms with Crippen LogP contribution in [0.25, 0.3) is 6.08 Å². The van der Waals surface area contributed by atoms with Crippen molar-refractivity contribution in [3.8, 4) is 11.5 Å². The van der Waals surface area contributed by atoms with Crippen LogP contribution >= 0.6 is 0 Å². The fraction of sp³-hybridized carbons (Fsp3) is 0.200. The van der Waals surface area contributed by atoms with Gasteiger partial charge in [0.1, 0.15) is 6.61 Å². The highest BCUT2D eigenvalue weighted by molar-refractivity contribution is 6.11. The number of nitrogens with zero attached hydrogens (tertiary/aromatic N) is 1. The summed E-state index contributed by atoms with van der Waals surface area (Å²) in [6, 6.07) is 8.77. The second-order valence-electron chi connectivity index (χ2n) is 5.70. The van der Waals surface area contributed by atoms with Crippen LogP contribution in [0.1, 0.15) is 25.2 Å². The highest BCUT2D eigenvalue weighted by Crippen LogP contribution is 2.30. The Morgan fingerprint density at radius 3 is 2.81 bits per heavy atom. The highest BCUT2D eigenvalue weighted by atomic mass is 16.6. The minimum atomic E-state index is -0.531. The number of furan rings is 1. The second-order valence-corrected chi connectivity index (χ2v) is 5.70. The summed E-state index contributed by atoms with van der Waals surface area (Å²) in [5.41, 5.74) is 1.84. The van der Waals surface area contributed by atoms with E-state index in [0.717, 1.165) is 11.1 Å². The van der Waals surface area contributed by atoms with E-state index in [9.17, 15) is 4.79 Å². The zero-order chi connectivity index (χ0) is 18.5. The lowest BCUT2D eigenvalue weighted by atomic mass is 10.1. The van der Waals surface area contributed by atoms with Gasteiger partial charge in [-0.2, -0.15) is 0 Å². The van der Waals surface area contributed by atoms with Crippen LogP contribution in [0.4, 0.5) is 0 Å². The third-order valence-corrected chi connectivity index (χ3v) is 3.40. The van der Waals surface area contributed by atoms with E-state index < -0.39 is 5.97 Å². The number of benzene rings is 1. The Balaban J connectivity index is 1.86. The fourth-order valence-electron chi connectivity index (χ4n) is 2.28. The standard InChI is InChI=1S/C20H19NO5/c1-4-23-18-11-14(7-8-16(18)25-12-13(2)3)10-15-20(22)26-19(21-15)17-6-5-9-24-17/h5-11H,2,4,12H2,1,3H3/b15-10-. The molecule has 26 heavy (non-hydrogen) atoms. The summed E-state index contributed by atoms with van der Waals surface area (Å²) in [6.45, 7) is 8.50. The average molecular weight is 353 g/mol. The van der Waals surface area contributed by atoms with Gasteiger partial charge in [-0.15, -0.1) is 0 Å². The predicted octanol–water partition coefficient (Wildman–Crippen LogP) is 3.98. The molecule has 0 saturated heterocycles. The summed E-state index contributed by atoms with van der Waals surface area (Å²) in [6.07, 6.45) is 3.12. The normalized spacial score (nSPS) is 14.9. The molecule has 6 nitrogen and oxygen atoms in total. The monoisotopic (exact) mass is 353 g/mol. The van der Waals surface area contributed by atoms with Gasteiger partial charge in [0, 0.05) is 0 Å². The van der Waals surface area contributed by atoms with E-state index in [4.69, 9.17) is 18.6 Å². The molecular formula is C20H19NO5. The molecule has 0 unspecified atom stereocenters. The Labute approximate surface area is 151 Å². The van der Waals surface area contributed by atoms with Crippen LogP contribution in [0.2, 0.25) is 0 Å². The molecule has 1 aliphatic heterocycles. The number of cyclic esters (lactones) is 1. The van der Waals surface area contributed by atoms with Crippen LogP contribution in [-0.2, 0) is 9.53 Å². The number of ether oxygens (including phenoxy) is 3. The smallest absolute Gasteiger partial charge is 0.363 e. The predicted molar refractivity (Wildman–Crippen MR) is 97.2 cm³/mol. The Morgan fingerprint density at radius 2 is 2.12 bits per heavy atom. The topological polar surface area (TPSA) is 70.3 Å². The molecule has 0 bridgehead atoms. The van der Waals surface area contributed by atoms with Crippen LogP contribution in [0.5, 0.6) is 11.5 Å². The van der Waals surface area contributed by atoms with E-state index in [1.165, 1.54) is 6.26 Å². The Morgan fingerprint density at radius 1 is 1.27 bits per heavy atom. The van der Waals surface area contributed by atoms with Crippen LogP contribution in [-0.4, -0.2) is 25.1 Å². The number of esters is 1. The molecule has 0 radical (unpaired) electrons. The minimum Gasteiger partial charge on any atom is -0.490 e. The van der Waals surface area contributed by atoms with Gasteiger partial charge in [0.05, 0.1) is 12.9 Å². The molecule has 134 valence electrons. The lowest BCUT2D eigenvalue weighted by Gasteiger charge is -2.12. The molecule has 0 amide bonds. The number of hydrogen-bond acceptors (Lipinski definition) is 6. The first kappa shape index (κ1) is 17.5. The van der Waals surface area contributed by atoms with Crippen molar-refractivity contribution in [3.05, 3.63) is 65.8 Å². The molecule has 0 saturated carbocycles. The van der Waals surface area contributed by atoms with Crippen molar-refractivity contribution >= 4 is 17.9 Å². The molecule has 1 aliphatic rings. The van der Waals surface area contributed by atoms with Crippen molar-refractivity contribution in [1.29, 1.82) is 0 Å². The molecule has 0 N–H and O–H groups in total. The second kappa shape index (κ2) is 7.74. The number of hydrogen-bond donors (Lipinski definition) is 0. The van der Waals surface area contributed by atoms with E-state index in [0.29, 0.717) is 30.5 Å². The van der Waals surface area contributed by atoms with Crippen molar-refractivity contribution in [1.82, 2.24) is 0 Å². The van der Waals surface area contributed by atoms with Gasteiger partial charge in [-0.25, -0.2) is 9.79 Å². The molecular weight excluding hydrogens is 334 g/mol. The van der Waals surface area contributed by atoms with Crippen molar-refractivity contribution < 1.29 is 23.4 Å². The summed E-state index contributed by atoms with van der Waals surface area (Å²) in [7, 11) is 0. The average Bonchev–Trinajstić information content (AvgIpc) is 3.25. The lowest BCUT2D eigenvalue weighted by molar-refractivity contribution is -0.130. The third-order valence-electron chi connectivity index (χ3n) is 3.40.